The van der Waals surface area contributed by atoms with E-state index in [1.807, 2.05) is 18.3 Å². The van der Waals surface area contributed by atoms with Gasteiger partial charge in [-0.25, -0.2) is 0 Å². The molecular weight excluding hydrogens is 358 g/mol. The number of hydrogen-bond donors (Lipinski definition) is 1. The standard InChI is InChI=1S/C22H33N3O.ClH/c26-22(21-15-20(21)17-7-2-1-3-8-17)25(16-18-9-4-5-13-24-18)19-10-6-12-23-14-11-19;/h4-5,9,13,17,19-21,23H,1-3,6-8,10-12,14-16H2;1H. The fraction of sp³-hybridized carbons (Fsp3) is 0.727. The van der Waals surface area contributed by atoms with Crippen LogP contribution < -0.4 is 5.32 Å². The lowest BCUT2D eigenvalue weighted by Crippen LogP contribution is -2.42. The van der Waals surface area contributed by atoms with Gasteiger partial charge < -0.3 is 10.2 Å². The van der Waals surface area contributed by atoms with Crippen molar-refractivity contribution in [3.63, 3.8) is 0 Å². The molecule has 1 aromatic rings. The van der Waals surface area contributed by atoms with Crippen LogP contribution in [0, 0.1) is 17.8 Å². The van der Waals surface area contributed by atoms with E-state index in [1.165, 1.54) is 32.1 Å². The maximum atomic E-state index is 13.5. The van der Waals surface area contributed by atoms with E-state index in [1.54, 1.807) is 0 Å². The number of aromatic nitrogens is 1. The van der Waals surface area contributed by atoms with Gasteiger partial charge in [0, 0.05) is 18.2 Å². The predicted molar refractivity (Wildman–Crippen MR) is 111 cm³/mol. The fourth-order valence-corrected chi connectivity index (χ4v) is 5.16. The lowest BCUT2D eigenvalue weighted by molar-refractivity contribution is -0.136. The molecule has 4 rings (SSSR count). The summed E-state index contributed by atoms with van der Waals surface area (Å²) in [5.74, 6) is 2.18. The average molecular weight is 392 g/mol. The lowest BCUT2D eigenvalue weighted by atomic mass is 9.85. The topological polar surface area (TPSA) is 45.2 Å². The molecule has 3 atom stereocenters. The zero-order valence-corrected chi connectivity index (χ0v) is 17.1. The van der Waals surface area contributed by atoms with Gasteiger partial charge in [0.25, 0.3) is 0 Å². The number of carbonyl (C=O) groups excluding carboxylic acids is 1. The summed E-state index contributed by atoms with van der Waals surface area (Å²) in [6, 6.07) is 6.40. The van der Waals surface area contributed by atoms with Crippen LogP contribution in [0.2, 0.25) is 0 Å². The molecule has 2 saturated carbocycles. The van der Waals surface area contributed by atoms with E-state index in [-0.39, 0.29) is 18.3 Å². The monoisotopic (exact) mass is 391 g/mol. The van der Waals surface area contributed by atoms with Crippen LogP contribution in [0.5, 0.6) is 0 Å². The zero-order valence-electron chi connectivity index (χ0n) is 16.3. The van der Waals surface area contributed by atoms with Crippen LogP contribution in [0.1, 0.15) is 63.5 Å². The van der Waals surface area contributed by atoms with Crippen LogP contribution in [0.3, 0.4) is 0 Å². The minimum Gasteiger partial charge on any atom is -0.334 e. The zero-order chi connectivity index (χ0) is 17.8. The van der Waals surface area contributed by atoms with Crippen LogP contribution in [0.25, 0.3) is 0 Å². The normalized spacial score (nSPS) is 28.7. The van der Waals surface area contributed by atoms with E-state index in [9.17, 15) is 4.79 Å². The molecule has 1 N–H and O–H groups in total. The number of halogens is 1. The summed E-state index contributed by atoms with van der Waals surface area (Å²) in [6.45, 7) is 2.78. The summed E-state index contributed by atoms with van der Waals surface area (Å²) in [6.07, 6.45) is 13.1. The predicted octanol–water partition coefficient (Wildman–Crippen LogP) is 4.19. The third-order valence-corrected chi connectivity index (χ3v) is 6.74. The first kappa shape index (κ1) is 20.6. The van der Waals surface area contributed by atoms with Gasteiger partial charge in [-0.3, -0.25) is 9.78 Å². The Morgan fingerprint density at radius 1 is 1.07 bits per heavy atom. The van der Waals surface area contributed by atoms with Crippen molar-refractivity contribution >= 4 is 18.3 Å². The van der Waals surface area contributed by atoms with Gasteiger partial charge in [-0.2, -0.15) is 0 Å². The molecule has 3 fully saturated rings. The van der Waals surface area contributed by atoms with Crippen molar-refractivity contribution in [1.29, 1.82) is 0 Å². The van der Waals surface area contributed by atoms with E-state index in [2.05, 4.69) is 21.3 Å². The quantitative estimate of drug-likeness (QED) is 0.818. The second-order valence-corrected chi connectivity index (χ2v) is 8.53. The molecule has 2 aliphatic carbocycles. The minimum atomic E-state index is 0. The number of amides is 1. The van der Waals surface area contributed by atoms with E-state index in [0.717, 1.165) is 50.4 Å². The number of hydrogen-bond acceptors (Lipinski definition) is 3. The van der Waals surface area contributed by atoms with E-state index in [4.69, 9.17) is 0 Å². The molecule has 3 aliphatic rings. The van der Waals surface area contributed by atoms with Gasteiger partial charge in [0.1, 0.15) is 0 Å². The number of rotatable bonds is 5. The second-order valence-electron chi connectivity index (χ2n) is 8.53. The van der Waals surface area contributed by atoms with Gasteiger partial charge in [-0.05, 0) is 62.7 Å². The molecule has 27 heavy (non-hydrogen) atoms. The maximum absolute atomic E-state index is 13.5. The molecule has 0 aromatic carbocycles. The summed E-state index contributed by atoms with van der Waals surface area (Å²) in [5.41, 5.74) is 1.02. The minimum absolute atomic E-state index is 0. The van der Waals surface area contributed by atoms with E-state index < -0.39 is 0 Å². The van der Waals surface area contributed by atoms with Crippen molar-refractivity contribution in [3.8, 4) is 0 Å². The van der Waals surface area contributed by atoms with Crippen molar-refractivity contribution in [2.75, 3.05) is 13.1 Å². The van der Waals surface area contributed by atoms with Crippen LogP contribution in [-0.4, -0.2) is 34.9 Å². The SMILES string of the molecule is Cl.O=C(C1CC1C1CCCCC1)N(Cc1ccccn1)C1CCCNCC1. The molecule has 0 spiro atoms. The summed E-state index contributed by atoms with van der Waals surface area (Å²) >= 11 is 0. The summed E-state index contributed by atoms with van der Waals surface area (Å²) in [4.78, 5) is 20.1. The first-order valence-corrected chi connectivity index (χ1v) is 10.7. The third kappa shape index (κ3) is 5.23. The fourth-order valence-electron chi connectivity index (χ4n) is 5.16. The Balaban J connectivity index is 0.00000210. The Hall–Kier alpha value is -1.13. The first-order chi connectivity index (χ1) is 12.8. The van der Waals surface area contributed by atoms with Crippen LogP contribution in [-0.2, 0) is 11.3 Å². The molecule has 1 saturated heterocycles. The maximum Gasteiger partial charge on any atom is 0.226 e. The molecule has 5 heteroatoms. The van der Waals surface area contributed by atoms with Gasteiger partial charge in [-0.1, -0.05) is 38.2 Å². The van der Waals surface area contributed by atoms with Gasteiger partial charge in [0.15, 0.2) is 0 Å². The van der Waals surface area contributed by atoms with Crippen molar-refractivity contribution in [2.24, 2.45) is 17.8 Å². The summed E-state index contributed by atoms with van der Waals surface area (Å²) in [5, 5.41) is 3.49. The van der Waals surface area contributed by atoms with Crippen molar-refractivity contribution < 1.29 is 4.79 Å². The Labute approximate surface area is 169 Å². The molecule has 1 aliphatic heterocycles. The van der Waals surface area contributed by atoms with Gasteiger partial charge >= 0.3 is 0 Å². The smallest absolute Gasteiger partial charge is 0.226 e. The Kier molecular flexibility index (Phi) is 7.54. The second kappa shape index (κ2) is 9.88. The number of nitrogens with zero attached hydrogens (tertiary/aromatic N) is 2. The highest BCUT2D eigenvalue weighted by Gasteiger charge is 2.49. The van der Waals surface area contributed by atoms with Gasteiger partial charge in [0.2, 0.25) is 5.91 Å². The number of pyridine rings is 1. The number of nitrogens with one attached hydrogen (secondary N) is 1. The van der Waals surface area contributed by atoms with Crippen LogP contribution in [0.15, 0.2) is 24.4 Å². The molecule has 3 unspecified atom stereocenters. The molecule has 150 valence electrons. The highest BCUT2D eigenvalue weighted by molar-refractivity contribution is 5.85. The van der Waals surface area contributed by atoms with Crippen molar-refractivity contribution in [3.05, 3.63) is 30.1 Å². The van der Waals surface area contributed by atoms with Crippen LogP contribution >= 0.6 is 12.4 Å². The van der Waals surface area contributed by atoms with E-state index >= 15 is 0 Å². The largest absolute Gasteiger partial charge is 0.334 e. The van der Waals surface area contributed by atoms with E-state index in [0.29, 0.717) is 24.4 Å². The third-order valence-electron chi connectivity index (χ3n) is 6.74. The van der Waals surface area contributed by atoms with Gasteiger partial charge in [0.05, 0.1) is 12.2 Å². The Bertz CT molecular complexity index is 582. The molecule has 1 aromatic heterocycles. The molecule has 2 heterocycles. The molecular formula is C22H34ClN3O. The number of carbonyl (C=O) groups is 1. The molecule has 0 radical (unpaired) electrons. The highest BCUT2D eigenvalue weighted by atomic mass is 35.5. The van der Waals surface area contributed by atoms with Gasteiger partial charge in [-0.15, -0.1) is 12.4 Å². The molecule has 1 amide bonds. The Morgan fingerprint density at radius 3 is 2.70 bits per heavy atom. The lowest BCUT2D eigenvalue weighted by Gasteiger charge is -2.32. The van der Waals surface area contributed by atoms with Crippen molar-refractivity contribution in [1.82, 2.24) is 15.2 Å². The summed E-state index contributed by atoms with van der Waals surface area (Å²) in [7, 11) is 0. The summed E-state index contributed by atoms with van der Waals surface area (Å²) < 4.78 is 0. The van der Waals surface area contributed by atoms with Crippen LogP contribution in [0.4, 0.5) is 0 Å². The Morgan fingerprint density at radius 2 is 1.93 bits per heavy atom. The van der Waals surface area contributed by atoms with Crippen molar-refractivity contribution in [2.45, 2.75) is 70.4 Å². The molecule has 0 bridgehead atoms. The average Bonchev–Trinajstić information content (AvgIpc) is 3.51. The first-order valence-electron chi connectivity index (χ1n) is 10.7. The highest BCUT2D eigenvalue weighted by Crippen LogP contribution is 2.50. The molecule has 4 nitrogen and oxygen atoms in total.